The Kier molecular flexibility index (Phi) is 6.21. The van der Waals surface area contributed by atoms with E-state index in [0.717, 1.165) is 12.8 Å². The van der Waals surface area contributed by atoms with Crippen molar-refractivity contribution in [1.29, 1.82) is 0 Å². The molecule has 2 rings (SSSR count). The lowest BCUT2D eigenvalue weighted by molar-refractivity contribution is -0.136. The number of carbonyl (C=O) groups is 1. The molecule has 0 amide bonds. The normalized spacial score (nSPS) is 10.6. The van der Waals surface area contributed by atoms with E-state index in [4.69, 9.17) is 9.47 Å². The summed E-state index contributed by atoms with van der Waals surface area (Å²) in [5, 5.41) is 0. The average molecular weight is 312 g/mol. The maximum Gasteiger partial charge on any atom is 0.349 e. The summed E-state index contributed by atoms with van der Waals surface area (Å²) in [5.74, 6) is 1.30. The van der Waals surface area contributed by atoms with Gasteiger partial charge in [0.1, 0.15) is 11.5 Å². The van der Waals surface area contributed by atoms with Crippen molar-refractivity contribution in [2.75, 3.05) is 6.61 Å². The highest BCUT2D eigenvalue weighted by Crippen LogP contribution is 2.19. The van der Waals surface area contributed by atoms with Gasteiger partial charge in [0.05, 0.1) is 0 Å². The van der Waals surface area contributed by atoms with Gasteiger partial charge in [-0.1, -0.05) is 51.5 Å². The van der Waals surface area contributed by atoms with Gasteiger partial charge in [-0.2, -0.15) is 0 Å². The summed E-state index contributed by atoms with van der Waals surface area (Å²) in [6, 6.07) is 15.4. The van der Waals surface area contributed by atoms with E-state index in [1.54, 1.807) is 0 Å². The quantitative estimate of drug-likeness (QED) is 0.547. The highest BCUT2D eigenvalue weighted by Gasteiger charge is 2.07. The number of carbonyl (C=O) groups excluding carboxylic acids is 1. The smallest absolute Gasteiger partial charge is 0.349 e. The predicted molar refractivity (Wildman–Crippen MR) is 92.1 cm³/mol. The van der Waals surface area contributed by atoms with Crippen molar-refractivity contribution in [3.8, 4) is 11.5 Å². The molecule has 0 saturated carbocycles. The predicted octanol–water partition coefficient (Wildman–Crippen LogP) is 4.75. The van der Waals surface area contributed by atoms with Crippen LogP contribution in [0.5, 0.6) is 11.5 Å². The average Bonchev–Trinajstić information content (AvgIpc) is 2.55. The van der Waals surface area contributed by atoms with Crippen molar-refractivity contribution < 1.29 is 14.3 Å². The zero-order valence-electron chi connectivity index (χ0n) is 14.0. The topological polar surface area (TPSA) is 35.5 Å². The molecule has 0 atom stereocenters. The summed E-state index contributed by atoms with van der Waals surface area (Å²) in [6.07, 6.45) is 2.13. The number of ether oxygens (including phenoxy) is 2. The van der Waals surface area contributed by atoms with E-state index >= 15 is 0 Å². The lowest BCUT2D eigenvalue weighted by Gasteiger charge is -2.09. The van der Waals surface area contributed by atoms with E-state index in [2.05, 4.69) is 20.8 Å². The lowest BCUT2D eigenvalue weighted by Crippen LogP contribution is -2.17. The summed E-state index contributed by atoms with van der Waals surface area (Å²) < 4.78 is 10.7. The van der Waals surface area contributed by atoms with Gasteiger partial charge < -0.3 is 9.47 Å². The van der Waals surface area contributed by atoms with E-state index in [-0.39, 0.29) is 6.61 Å². The van der Waals surface area contributed by atoms with Crippen LogP contribution < -0.4 is 9.47 Å². The van der Waals surface area contributed by atoms with Gasteiger partial charge in [0.15, 0.2) is 6.61 Å². The van der Waals surface area contributed by atoms with Crippen molar-refractivity contribution in [3.63, 3.8) is 0 Å². The molecule has 3 heteroatoms. The molecule has 0 heterocycles. The molecular formula is C20H24O3. The molecule has 0 saturated heterocycles. The van der Waals surface area contributed by atoms with Crippen LogP contribution >= 0.6 is 0 Å². The van der Waals surface area contributed by atoms with Gasteiger partial charge in [0.2, 0.25) is 0 Å². The number of rotatable bonds is 7. The molecular weight excluding hydrogens is 288 g/mol. The monoisotopic (exact) mass is 312 g/mol. The molecule has 2 aromatic carbocycles. The molecule has 0 fully saturated rings. The van der Waals surface area contributed by atoms with Crippen LogP contribution in [0.15, 0.2) is 48.5 Å². The Morgan fingerprint density at radius 2 is 1.57 bits per heavy atom. The third-order valence-corrected chi connectivity index (χ3v) is 3.60. The zero-order valence-corrected chi connectivity index (χ0v) is 14.0. The van der Waals surface area contributed by atoms with Crippen molar-refractivity contribution in [1.82, 2.24) is 0 Å². The molecule has 0 aliphatic carbocycles. The number of aryl methyl sites for hydroxylation is 1. The molecule has 2 aromatic rings. The fourth-order valence-corrected chi connectivity index (χ4v) is 2.26. The number of benzene rings is 2. The van der Waals surface area contributed by atoms with Crippen LogP contribution in [0, 0.1) is 0 Å². The van der Waals surface area contributed by atoms with Crippen LogP contribution in [0.2, 0.25) is 0 Å². The van der Waals surface area contributed by atoms with Crippen LogP contribution in [-0.4, -0.2) is 12.6 Å². The Balaban J connectivity index is 1.82. The molecule has 0 radical (unpaired) electrons. The Morgan fingerprint density at radius 3 is 2.13 bits per heavy atom. The van der Waals surface area contributed by atoms with E-state index in [1.165, 1.54) is 11.1 Å². The Hall–Kier alpha value is -2.29. The molecule has 23 heavy (non-hydrogen) atoms. The summed E-state index contributed by atoms with van der Waals surface area (Å²) in [4.78, 5) is 11.8. The molecule has 0 bridgehead atoms. The minimum absolute atomic E-state index is 0.0995. The molecule has 122 valence electrons. The van der Waals surface area contributed by atoms with E-state index in [1.807, 2.05) is 48.5 Å². The highest BCUT2D eigenvalue weighted by molar-refractivity contribution is 5.73. The molecule has 0 aliphatic rings. The summed E-state index contributed by atoms with van der Waals surface area (Å²) >= 11 is 0. The van der Waals surface area contributed by atoms with Gasteiger partial charge in [0, 0.05) is 0 Å². The van der Waals surface area contributed by atoms with Crippen molar-refractivity contribution in [2.45, 2.75) is 39.5 Å². The first-order valence-corrected chi connectivity index (χ1v) is 8.11. The molecule has 0 unspecified atom stereocenters. The summed E-state index contributed by atoms with van der Waals surface area (Å²) in [6.45, 7) is 6.31. The number of hydrogen-bond acceptors (Lipinski definition) is 3. The molecule has 0 N–H and O–H groups in total. The molecule has 0 spiro atoms. The minimum Gasteiger partial charge on any atom is -0.482 e. The third kappa shape index (κ3) is 5.44. The molecule has 3 nitrogen and oxygen atoms in total. The minimum atomic E-state index is -0.402. The first-order chi connectivity index (χ1) is 11.1. The fraction of sp³-hybridized carbons (Fsp3) is 0.350. The first-order valence-electron chi connectivity index (χ1n) is 8.11. The standard InChI is InChI=1S/C20H24O3/c1-4-5-16-6-10-19(11-7-16)23-20(21)14-22-18-12-8-17(9-13-18)15(2)3/h6-13,15H,4-5,14H2,1-3H3. The van der Waals surface area contributed by atoms with Gasteiger partial charge in [-0.15, -0.1) is 0 Å². The summed E-state index contributed by atoms with van der Waals surface area (Å²) in [5.41, 5.74) is 2.49. The third-order valence-electron chi connectivity index (χ3n) is 3.60. The van der Waals surface area contributed by atoms with Crippen LogP contribution in [0.3, 0.4) is 0 Å². The van der Waals surface area contributed by atoms with Gasteiger partial charge in [-0.3, -0.25) is 0 Å². The van der Waals surface area contributed by atoms with E-state index < -0.39 is 5.97 Å². The lowest BCUT2D eigenvalue weighted by atomic mass is 10.0. The largest absolute Gasteiger partial charge is 0.482 e. The zero-order chi connectivity index (χ0) is 16.7. The second kappa shape index (κ2) is 8.37. The number of hydrogen-bond donors (Lipinski definition) is 0. The second-order valence-electron chi connectivity index (χ2n) is 5.88. The van der Waals surface area contributed by atoms with Gasteiger partial charge in [-0.25, -0.2) is 4.79 Å². The Morgan fingerprint density at radius 1 is 0.957 bits per heavy atom. The van der Waals surface area contributed by atoms with E-state index in [0.29, 0.717) is 17.4 Å². The highest BCUT2D eigenvalue weighted by atomic mass is 16.6. The van der Waals surface area contributed by atoms with Gasteiger partial charge in [0.25, 0.3) is 0 Å². The van der Waals surface area contributed by atoms with E-state index in [9.17, 15) is 4.79 Å². The maximum absolute atomic E-state index is 11.8. The van der Waals surface area contributed by atoms with Crippen LogP contribution in [-0.2, 0) is 11.2 Å². The van der Waals surface area contributed by atoms with Crippen LogP contribution in [0.4, 0.5) is 0 Å². The van der Waals surface area contributed by atoms with Crippen molar-refractivity contribution in [2.24, 2.45) is 0 Å². The first kappa shape index (κ1) is 17.1. The Bertz CT molecular complexity index is 612. The van der Waals surface area contributed by atoms with Gasteiger partial charge >= 0.3 is 5.97 Å². The van der Waals surface area contributed by atoms with Crippen molar-refractivity contribution in [3.05, 3.63) is 59.7 Å². The van der Waals surface area contributed by atoms with Crippen LogP contribution in [0.1, 0.15) is 44.2 Å². The molecule has 0 aromatic heterocycles. The van der Waals surface area contributed by atoms with Crippen molar-refractivity contribution >= 4 is 5.97 Å². The van der Waals surface area contributed by atoms with Crippen LogP contribution in [0.25, 0.3) is 0 Å². The maximum atomic E-state index is 11.8. The van der Waals surface area contributed by atoms with Gasteiger partial charge in [-0.05, 0) is 47.7 Å². The number of esters is 1. The Labute approximate surface area is 138 Å². The fourth-order valence-electron chi connectivity index (χ4n) is 2.26. The SMILES string of the molecule is CCCc1ccc(OC(=O)COc2ccc(C(C)C)cc2)cc1. The molecule has 0 aliphatic heterocycles. The summed E-state index contributed by atoms with van der Waals surface area (Å²) in [7, 11) is 0. The second-order valence-corrected chi connectivity index (χ2v) is 5.88.